The lowest BCUT2D eigenvalue weighted by atomic mass is 10.2. The predicted octanol–water partition coefficient (Wildman–Crippen LogP) is 0.0373. The molecule has 0 spiro atoms. The van der Waals surface area contributed by atoms with E-state index >= 15 is 0 Å². The standard InChI is InChI=1S/C14H14N4O4/c19-5-9-8(20)3-11(22-9)18-4-7-1-2-10(21)17-13-12(7)14(18)16-6-15-13/h1-2,4,6,8-9,11,19-20H,3,5H2,(H,15,16,17,21). The number of nitrogens with zero attached hydrogens (tertiary/aromatic N) is 3. The summed E-state index contributed by atoms with van der Waals surface area (Å²) in [6, 6.07) is 0. The summed E-state index contributed by atoms with van der Waals surface area (Å²) >= 11 is 0. The van der Waals surface area contributed by atoms with Crippen molar-refractivity contribution in [3.8, 4) is 0 Å². The van der Waals surface area contributed by atoms with Gasteiger partial charge in [0, 0.05) is 24.3 Å². The zero-order valence-corrected chi connectivity index (χ0v) is 11.5. The van der Waals surface area contributed by atoms with Gasteiger partial charge in [-0.1, -0.05) is 0 Å². The van der Waals surface area contributed by atoms with Crippen molar-refractivity contribution in [3.05, 3.63) is 24.2 Å². The highest BCUT2D eigenvalue weighted by atomic mass is 16.5. The molecule has 0 aromatic carbocycles. The number of ether oxygens (including phenoxy) is 1. The fraction of sp³-hybridized carbons (Fsp3) is 0.357. The van der Waals surface area contributed by atoms with Crippen LogP contribution >= 0.6 is 0 Å². The molecule has 3 atom stereocenters. The molecule has 22 heavy (non-hydrogen) atoms. The van der Waals surface area contributed by atoms with Gasteiger partial charge in [0.05, 0.1) is 18.1 Å². The topological polar surface area (TPSA) is 110 Å². The van der Waals surface area contributed by atoms with E-state index in [-0.39, 0.29) is 12.5 Å². The van der Waals surface area contributed by atoms with Gasteiger partial charge in [0.1, 0.15) is 30.1 Å². The van der Waals surface area contributed by atoms with Crippen LogP contribution in [0.4, 0.5) is 5.82 Å². The third-order valence-corrected chi connectivity index (χ3v) is 3.99. The Labute approximate surface area is 125 Å². The van der Waals surface area contributed by atoms with Crippen molar-refractivity contribution in [2.45, 2.75) is 24.9 Å². The van der Waals surface area contributed by atoms with Crippen LogP contribution in [0.5, 0.6) is 0 Å². The van der Waals surface area contributed by atoms with Crippen LogP contribution in [0.25, 0.3) is 17.1 Å². The number of aromatic nitrogens is 3. The summed E-state index contributed by atoms with van der Waals surface area (Å²) in [7, 11) is 0. The number of aliphatic hydroxyl groups excluding tert-OH is 2. The number of carbonyl (C=O) groups excluding carboxylic acids is 1. The fourth-order valence-corrected chi connectivity index (χ4v) is 2.93. The molecule has 2 aromatic rings. The highest BCUT2D eigenvalue weighted by Crippen LogP contribution is 2.35. The normalized spacial score (nSPS) is 27.2. The van der Waals surface area contributed by atoms with E-state index in [9.17, 15) is 15.0 Å². The Hall–Kier alpha value is -2.29. The number of amides is 1. The van der Waals surface area contributed by atoms with E-state index in [0.717, 1.165) is 10.9 Å². The van der Waals surface area contributed by atoms with E-state index in [4.69, 9.17) is 4.74 Å². The Kier molecular flexibility index (Phi) is 2.96. The summed E-state index contributed by atoms with van der Waals surface area (Å²) in [6.45, 7) is -0.236. The lowest BCUT2D eigenvalue weighted by Gasteiger charge is -2.14. The quantitative estimate of drug-likeness (QED) is 0.722. The van der Waals surface area contributed by atoms with Crippen LogP contribution < -0.4 is 5.32 Å². The van der Waals surface area contributed by atoms with Gasteiger partial charge in [-0.05, 0) is 6.08 Å². The summed E-state index contributed by atoms with van der Waals surface area (Å²) in [5.41, 5.74) is 1.41. The second kappa shape index (κ2) is 4.87. The minimum Gasteiger partial charge on any atom is -0.394 e. The molecular formula is C14H14N4O4. The molecule has 8 heteroatoms. The third kappa shape index (κ3) is 1.92. The molecule has 8 nitrogen and oxygen atoms in total. The molecule has 2 aliphatic heterocycles. The van der Waals surface area contributed by atoms with Gasteiger partial charge in [0.2, 0.25) is 5.91 Å². The van der Waals surface area contributed by atoms with Crippen molar-refractivity contribution in [2.24, 2.45) is 0 Å². The fourth-order valence-electron chi connectivity index (χ4n) is 2.93. The number of hydrogen-bond donors (Lipinski definition) is 3. The van der Waals surface area contributed by atoms with Gasteiger partial charge in [-0.2, -0.15) is 0 Å². The average Bonchev–Trinajstić information content (AvgIpc) is 3.01. The molecule has 3 unspecified atom stereocenters. The van der Waals surface area contributed by atoms with Gasteiger partial charge in [-0.3, -0.25) is 4.79 Å². The molecule has 0 bridgehead atoms. The lowest BCUT2D eigenvalue weighted by molar-refractivity contribution is -0.111. The molecule has 1 amide bonds. The molecule has 114 valence electrons. The van der Waals surface area contributed by atoms with Crippen molar-refractivity contribution in [2.75, 3.05) is 11.9 Å². The Bertz CT molecular complexity index is 784. The largest absolute Gasteiger partial charge is 0.394 e. The number of carbonyl (C=O) groups is 1. The molecule has 2 aromatic heterocycles. The summed E-state index contributed by atoms with van der Waals surface area (Å²) < 4.78 is 7.48. The second-order valence-corrected chi connectivity index (χ2v) is 5.35. The first-order valence-electron chi connectivity index (χ1n) is 6.96. The van der Waals surface area contributed by atoms with E-state index in [2.05, 4.69) is 15.3 Å². The average molecular weight is 302 g/mol. The number of rotatable bonds is 2. The van der Waals surface area contributed by atoms with E-state index < -0.39 is 18.4 Å². The molecule has 1 saturated heterocycles. The Morgan fingerprint density at radius 2 is 2.27 bits per heavy atom. The van der Waals surface area contributed by atoms with Crippen molar-refractivity contribution in [1.29, 1.82) is 0 Å². The Balaban J connectivity index is 1.84. The molecular weight excluding hydrogens is 288 g/mol. The van der Waals surface area contributed by atoms with Crippen molar-refractivity contribution in [3.63, 3.8) is 0 Å². The molecule has 0 aliphatic carbocycles. The Morgan fingerprint density at radius 1 is 1.41 bits per heavy atom. The van der Waals surface area contributed by atoms with Crippen molar-refractivity contribution < 1.29 is 19.7 Å². The van der Waals surface area contributed by atoms with Crippen LogP contribution in [0.15, 0.2) is 18.6 Å². The summed E-state index contributed by atoms with van der Waals surface area (Å²) in [5, 5.41) is 22.5. The maximum Gasteiger partial charge on any atom is 0.249 e. The van der Waals surface area contributed by atoms with Crippen LogP contribution in [0.1, 0.15) is 18.2 Å². The predicted molar refractivity (Wildman–Crippen MR) is 76.8 cm³/mol. The number of aliphatic hydroxyl groups is 2. The molecule has 0 saturated carbocycles. The van der Waals surface area contributed by atoms with Crippen LogP contribution in [-0.4, -0.2) is 49.5 Å². The molecule has 2 aliphatic rings. The van der Waals surface area contributed by atoms with Gasteiger partial charge in [0.25, 0.3) is 0 Å². The molecule has 4 heterocycles. The zero-order chi connectivity index (χ0) is 15.3. The molecule has 4 rings (SSSR count). The summed E-state index contributed by atoms with van der Waals surface area (Å²) in [4.78, 5) is 20.0. The van der Waals surface area contributed by atoms with Crippen LogP contribution in [0, 0.1) is 0 Å². The first-order chi connectivity index (χ1) is 10.7. The Morgan fingerprint density at radius 3 is 3.05 bits per heavy atom. The first-order valence-corrected chi connectivity index (χ1v) is 6.96. The smallest absolute Gasteiger partial charge is 0.249 e. The summed E-state index contributed by atoms with van der Waals surface area (Å²) in [6.07, 6.45) is 4.94. The van der Waals surface area contributed by atoms with Crippen molar-refractivity contribution in [1.82, 2.24) is 14.5 Å². The highest BCUT2D eigenvalue weighted by Gasteiger charge is 2.35. The first kappa shape index (κ1) is 13.4. The van der Waals surface area contributed by atoms with Gasteiger partial charge in [-0.15, -0.1) is 0 Å². The van der Waals surface area contributed by atoms with Crippen LogP contribution in [0.3, 0.4) is 0 Å². The maximum absolute atomic E-state index is 11.6. The minimum absolute atomic E-state index is 0.236. The van der Waals surface area contributed by atoms with Gasteiger partial charge in [-0.25, -0.2) is 9.97 Å². The van der Waals surface area contributed by atoms with E-state index in [1.807, 2.05) is 6.20 Å². The van der Waals surface area contributed by atoms with E-state index in [1.54, 1.807) is 10.6 Å². The zero-order valence-electron chi connectivity index (χ0n) is 11.5. The van der Waals surface area contributed by atoms with Crippen LogP contribution in [-0.2, 0) is 9.53 Å². The number of hydrogen-bond acceptors (Lipinski definition) is 6. The second-order valence-electron chi connectivity index (χ2n) is 5.35. The van der Waals surface area contributed by atoms with Gasteiger partial charge >= 0.3 is 0 Å². The number of nitrogens with one attached hydrogen (secondary N) is 1. The van der Waals surface area contributed by atoms with Crippen LogP contribution in [0.2, 0.25) is 0 Å². The van der Waals surface area contributed by atoms with Gasteiger partial charge < -0.3 is 24.8 Å². The van der Waals surface area contributed by atoms with Gasteiger partial charge in [0.15, 0.2) is 0 Å². The molecule has 3 N–H and O–H groups in total. The van der Waals surface area contributed by atoms with E-state index in [1.165, 1.54) is 12.4 Å². The van der Waals surface area contributed by atoms with Crippen molar-refractivity contribution >= 4 is 28.8 Å². The third-order valence-electron chi connectivity index (χ3n) is 3.99. The highest BCUT2D eigenvalue weighted by molar-refractivity contribution is 6.11. The monoisotopic (exact) mass is 302 g/mol. The van der Waals surface area contributed by atoms with E-state index in [0.29, 0.717) is 17.9 Å². The number of anilines is 1. The SMILES string of the molecule is O=C1C=Cc2cn(C3CC(O)C(CO)O3)c3ncnc(c23)N1. The molecule has 0 radical (unpaired) electrons. The lowest BCUT2D eigenvalue weighted by Crippen LogP contribution is -2.24. The summed E-state index contributed by atoms with van der Waals surface area (Å²) in [5.74, 6) is 0.210. The molecule has 1 fully saturated rings. The minimum atomic E-state index is -0.722. The maximum atomic E-state index is 11.6.